The van der Waals surface area contributed by atoms with Gasteiger partial charge in [-0.1, -0.05) is 12.0 Å². The van der Waals surface area contributed by atoms with Gasteiger partial charge < -0.3 is 9.88 Å². The molecule has 2 rings (SSSR count). The Labute approximate surface area is 131 Å². The molecule has 23 heavy (non-hydrogen) atoms. The number of terminal acetylenes is 1. The highest BCUT2D eigenvalue weighted by atomic mass is 19.2. The third-order valence-corrected chi connectivity index (χ3v) is 3.41. The average molecular weight is 316 g/mol. The van der Waals surface area contributed by atoms with Crippen LogP contribution >= 0.6 is 0 Å². The van der Waals surface area contributed by atoms with E-state index in [0.29, 0.717) is 5.56 Å². The molecule has 6 heteroatoms. The van der Waals surface area contributed by atoms with Crippen LogP contribution in [0, 0.1) is 24.0 Å². The molecule has 0 unspecified atom stereocenters. The first-order valence-corrected chi connectivity index (χ1v) is 6.83. The van der Waals surface area contributed by atoms with Crippen LogP contribution in [0.25, 0.3) is 0 Å². The maximum absolute atomic E-state index is 13.4. The SMILES string of the molecule is C#CCNC(=O)c1cccn([C@@H](C)c2ccc(F)c(F)c2)c1=O. The van der Waals surface area contributed by atoms with Gasteiger partial charge in [0, 0.05) is 6.20 Å². The Bertz CT molecular complexity index is 837. The second-order valence-electron chi connectivity index (χ2n) is 4.87. The van der Waals surface area contributed by atoms with Crippen LogP contribution in [0.1, 0.15) is 28.9 Å². The van der Waals surface area contributed by atoms with Crippen molar-refractivity contribution in [1.29, 1.82) is 0 Å². The number of rotatable bonds is 4. The van der Waals surface area contributed by atoms with Gasteiger partial charge in [0.2, 0.25) is 0 Å². The minimum Gasteiger partial charge on any atom is -0.341 e. The first-order chi connectivity index (χ1) is 11.0. The number of pyridine rings is 1. The molecule has 1 aromatic carbocycles. The van der Waals surface area contributed by atoms with E-state index in [2.05, 4.69) is 11.2 Å². The summed E-state index contributed by atoms with van der Waals surface area (Å²) in [6, 6.07) is 5.75. The van der Waals surface area contributed by atoms with E-state index in [-0.39, 0.29) is 12.1 Å². The molecule has 118 valence electrons. The summed E-state index contributed by atoms with van der Waals surface area (Å²) in [5.41, 5.74) is -0.205. The number of halogens is 2. The highest BCUT2D eigenvalue weighted by Crippen LogP contribution is 2.18. The van der Waals surface area contributed by atoms with E-state index < -0.39 is 29.1 Å². The number of nitrogens with one attached hydrogen (secondary N) is 1. The lowest BCUT2D eigenvalue weighted by Crippen LogP contribution is -2.34. The predicted octanol–water partition coefficient (Wildman–Crippen LogP) is 2.10. The van der Waals surface area contributed by atoms with Gasteiger partial charge in [0.05, 0.1) is 12.6 Å². The molecule has 2 aromatic rings. The fourth-order valence-electron chi connectivity index (χ4n) is 2.15. The Hall–Kier alpha value is -2.94. The highest BCUT2D eigenvalue weighted by Gasteiger charge is 2.16. The lowest BCUT2D eigenvalue weighted by atomic mass is 10.1. The maximum Gasteiger partial charge on any atom is 0.263 e. The summed E-state index contributed by atoms with van der Waals surface area (Å²) in [5.74, 6) is -0.296. The van der Waals surface area contributed by atoms with Crippen molar-refractivity contribution in [3.05, 3.63) is 69.6 Å². The minimum absolute atomic E-state index is 0.00585. The van der Waals surface area contributed by atoms with Crippen molar-refractivity contribution in [2.75, 3.05) is 6.54 Å². The van der Waals surface area contributed by atoms with E-state index in [1.165, 1.54) is 29.0 Å². The van der Waals surface area contributed by atoms with E-state index >= 15 is 0 Å². The zero-order valence-electron chi connectivity index (χ0n) is 12.3. The summed E-state index contributed by atoms with van der Waals surface area (Å²) in [5, 5.41) is 2.41. The van der Waals surface area contributed by atoms with Crippen molar-refractivity contribution in [3.8, 4) is 12.3 Å². The van der Waals surface area contributed by atoms with Gasteiger partial charge in [-0.05, 0) is 36.8 Å². The first-order valence-electron chi connectivity index (χ1n) is 6.83. The summed E-state index contributed by atoms with van der Waals surface area (Å²) in [4.78, 5) is 24.3. The number of hydrogen-bond donors (Lipinski definition) is 1. The second-order valence-corrected chi connectivity index (χ2v) is 4.87. The Morgan fingerprint density at radius 1 is 1.35 bits per heavy atom. The molecule has 0 fully saturated rings. The molecule has 0 saturated heterocycles. The van der Waals surface area contributed by atoms with Gasteiger partial charge in [0.1, 0.15) is 5.56 Å². The summed E-state index contributed by atoms with van der Waals surface area (Å²) < 4.78 is 27.7. The van der Waals surface area contributed by atoms with Crippen LogP contribution in [0.15, 0.2) is 41.3 Å². The number of hydrogen-bond acceptors (Lipinski definition) is 2. The van der Waals surface area contributed by atoms with E-state index in [1.54, 1.807) is 6.92 Å². The van der Waals surface area contributed by atoms with Crippen molar-refractivity contribution < 1.29 is 13.6 Å². The zero-order chi connectivity index (χ0) is 17.0. The molecule has 0 bridgehead atoms. The molecule has 1 atom stereocenters. The Kier molecular flexibility index (Phi) is 4.91. The topological polar surface area (TPSA) is 51.1 Å². The molecule has 0 spiro atoms. The monoisotopic (exact) mass is 316 g/mol. The van der Waals surface area contributed by atoms with Gasteiger partial charge in [-0.3, -0.25) is 9.59 Å². The van der Waals surface area contributed by atoms with Gasteiger partial charge in [0.15, 0.2) is 11.6 Å². The Morgan fingerprint density at radius 3 is 2.74 bits per heavy atom. The molecular formula is C17H14F2N2O2. The first kappa shape index (κ1) is 16.4. The Morgan fingerprint density at radius 2 is 2.09 bits per heavy atom. The molecule has 0 aliphatic carbocycles. The summed E-state index contributed by atoms with van der Waals surface area (Å²) in [6.07, 6.45) is 6.54. The lowest BCUT2D eigenvalue weighted by molar-refractivity contribution is 0.0956. The molecule has 4 nitrogen and oxygen atoms in total. The van der Waals surface area contributed by atoms with E-state index in [0.717, 1.165) is 12.1 Å². The van der Waals surface area contributed by atoms with Crippen molar-refractivity contribution in [2.24, 2.45) is 0 Å². The number of nitrogens with zero attached hydrogens (tertiary/aromatic N) is 1. The summed E-state index contributed by atoms with van der Waals surface area (Å²) in [7, 11) is 0. The average Bonchev–Trinajstić information content (AvgIpc) is 2.54. The quantitative estimate of drug-likeness (QED) is 0.878. The van der Waals surface area contributed by atoms with Gasteiger partial charge in [0.25, 0.3) is 11.5 Å². The van der Waals surface area contributed by atoms with Crippen LogP contribution in [0.3, 0.4) is 0 Å². The maximum atomic E-state index is 13.4. The molecule has 0 saturated carbocycles. The minimum atomic E-state index is -0.995. The smallest absolute Gasteiger partial charge is 0.263 e. The third kappa shape index (κ3) is 3.46. The fourth-order valence-corrected chi connectivity index (χ4v) is 2.15. The molecule has 0 radical (unpaired) electrons. The van der Waals surface area contributed by atoms with Gasteiger partial charge in [-0.15, -0.1) is 6.42 Å². The molecule has 0 aliphatic rings. The van der Waals surface area contributed by atoms with Crippen LogP contribution < -0.4 is 10.9 Å². The normalized spacial score (nSPS) is 11.6. The highest BCUT2D eigenvalue weighted by molar-refractivity contribution is 5.93. The molecule has 0 aliphatic heterocycles. The van der Waals surface area contributed by atoms with Crippen LogP contribution in [-0.4, -0.2) is 17.0 Å². The predicted molar refractivity (Wildman–Crippen MR) is 82.0 cm³/mol. The number of aromatic nitrogens is 1. The van der Waals surface area contributed by atoms with E-state index in [9.17, 15) is 18.4 Å². The van der Waals surface area contributed by atoms with Gasteiger partial charge >= 0.3 is 0 Å². The van der Waals surface area contributed by atoms with Crippen molar-refractivity contribution in [1.82, 2.24) is 9.88 Å². The summed E-state index contributed by atoms with van der Waals surface area (Å²) >= 11 is 0. The van der Waals surface area contributed by atoms with Crippen molar-refractivity contribution in [2.45, 2.75) is 13.0 Å². The molecule has 1 aromatic heterocycles. The van der Waals surface area contributed by atoms with Gasteiger partial charge in [-0.25, -0.2) is 8.78 Å². The molecule has 1 N–H and O–H groups in total. The van der Waals surface area contributed by atoms with Crippen LogP contribution in [-0.2, 0) is 0 Å². The summed E-state index contributed by atoms with van der Waals surface area (Å²) in [6.45, 7) is 1.66. The third-order valence-electron chi connectivity index (χ3n) is 3.41. The molecular weight excluding hydrogens is 302 g/mol. The van der Waals surface area contributed by atoms with Crippen molar-refractivity contribution in [3.63, 3.8) is 0 Å². The molecule has 1 amide bonds. The van der Waals surface area contributed by atoms with Crippen molar-refractivity contribution >= 4 is 5.91 Å². The van der Waals surface area contributed by atoms with Crippen LogP contribution in [0.2, 0.25) is 0 Å². The van der Waals surface area contributed by atoms with E-state index in [4.69, 9.17) is 6.42 Å². The van der Waals surface area contributed by atoms with E-state index in [1.807, 2.05) is 0 Å². The van der Waals surface area contributed by atoms with Crippen LogP contribution in [0.5, 0.6) is 0 Å². The lowest BCUT2D eigenvalue weighted by Gasteiger charge is -2.16. The number of carbonyl (C=O) groups excluding carboxylic acids is 1. The number of carbonyl (C=O) groups is 1. The Balaban J connectivity index is 2.40. The van der Waals surface area contributed by atoms with Crippen LogP contribution in [0.4, 0.5) is 8.78 Å². The number of amides is 1. The second kappa shape index (κ2) is 6.88. The zero-order valence-corrected chi connectivity index (χ0v) is 12.3. The fraction of sp³-hybridized carbons (Fsp3) is 0.176. The standard InChI is InChI=1S/C17H14F2N2O2/c1-3-8-20-16(22)13-5-4-9-21(17(13)23)11(2)12-6-7-14(18)15(19)10-12/h1,4-7,9-11H,8H2,2H3,(H,20,22)/t11-/m0/s1. The van der Waals surface area contributed by atoms with Gasteiger partial charge in [-0.2, -0.15) is 0 Å². The largest absolute Gasteiger partial charge is 0.341 e. The number of benzene rings is 1. The molecule has 1 heterocycles.